The minimum Gasteiger partial charge on any atom is -0.492 e. The van der Waals surface area contributed by atoms with Crippen molar-refractivity contribution >= 4 is 40.4 Å². The van der Waals surface area contributed by atoms with Crippen LogP contribution in [0.2, 0.25) is 10.0 Å². The van der Waals surface area contributed by atoms with Crippen molar-refractivity contribution in [1.29, 1.82) is 0 Å². The third kappa shape index (κ3) is 5.73. The number of nitrogens with one attached hydrogen (secondary N) is 2. The molecule has 2 heterocycles. The van der Waals surface area contributed by atoms with Gasteiger partial charge in [0, 0.05) is 30.1 Å². The van der Waals surface area contributed by atoms with Crippen LogP contribution in [-0.4, -0.2) is 29.0 Å². The number of carbonyl (C=O) groups is 1. The number of thiophene rings is 1. The van der Waals surface area contributed by atoms with Crippen LogP contribution in [-0.2, 0) is 11.2 Å². The average Bonchev–Trinajstić information content (AvgIpc) is 3.31. The number of amides is 1. The van der Waals surface area contributed by atoms with Gasteiger partial charge in [-0.15, -0.1) is 11.3 Å². The van der Waals surface area contributed by atoms with Gasteiger partial charge in [-0.1, -0.05) is 29.3 Å². The molecule has 0 atom stereocenters. The average molecular weight is 424 g/mol. The van der Waals surface area contributed by atoms with E-state index in [1.54, 1.807) is 35.9 Å². The highest BCUT2D eigenvalue weighted by Crippen LogP contribution is 2.27. The summed E-state index contributed by atoms with van der Waals surface area (Å²) in [4.78, 5) is 20.6. The fraction of sp³-hybridized carbons (Fsp3) is 0.263. The maximum absolute atomic E-state index is 12.0. The molecule has 0 saturated heterocycles. The van der Waals surface area contributed by atoms with Crippen molar-refractivity contribution in [1.82, 2.24) is 15.3 Å². The van der Waals surface area contributed by atoms with E-state index in [1.807, 2.05) is 17.5 Å². The highest BCUT2D eigenvalue weighted by Gasteiger charge is 2.10. The highest BCUT2D eigenvalue weighted by molar-refractivity contribution is 7.13. The van der Waals surface area contributed by atoms with E-state index in [4.69, 9.17) is 27.9 Å². The van der Waals surface area contributed by atoms with E-state index in [2.05, 4.69) is 15.3 Å². The quantitative estimate of drug-likeness (QED) is 0.477. The van der Waals surface area contributed by atoms with Crippen molar-refractivity contribution in [2.45, 2.75) is 19.3 Å². The van der Waals surface area contributed by atoms with Crippen molar-refractivity contribution in [3.8, 4) is 16.3 Å². The lowest BCUT2D eigenvalue weighted by Gasteiger charge is -2.08. The van der Waals surface area contributed by atoms with Crippen molar-refractivity contribution < 1.29 is 9.53 Å². The first-order chi connectivity index (χ1) is 13.1. The van der Waals surface area contributed by atoms with E-state index < -0.39 is 0 Å². The first kappa shape index (κ1) is 19.7. The second-order valence-corrected chi connectivity index (χ2v) is 7.63. The van der Waals surface area contributed by atoms with Gasteiger partial charge in [-0.25, -0.2) is 4.98 Å². The van der Waals surface area contributed by atoms with Crippen molar-refractivity contribution in [2.24, 2.45) is 0 Å². The molecule has 0 spiro atoms. The number of aromatic nitrogens is 2. The number of H-pyrrole nitrogens is 1. The molecular weight excluding hydrogens is 405 g/mol. The molecule has 0 radical (unpaired) electrons. The Morgan fingerprint density at radius 2 is 2.19 bits per heavy atom. The predicted octanol–water partition coefficient (Wildman–Crippen LogP) is 4.96. The summed E-state index contributed by atoms with van der Waals surface area (Å²) in [6.07, 6.45) is 3.39. The molecule has 1 aromatic carbocycles. The van der Waals surface area contributed by atoms with Crippen LogP contribution in [0.25, 0.3) is 10.6 Å². The number of benzene rings is 1. The van der Waals surface area contributed by atoms with Gasteiger partial charge in [0.05, 0.1) is 22.8 Å². The Morgan fingerprint density at radius 1 is 1.30 bits per heavy atom. The Balaban J connectivity index is 1.35. The van der Waals surface area contributed by atoms with E-state index in [-0.39, 0.29) is 5.91 Å². The summed E-state index contributed by atoms with van der Waals surface area (Å²) < 4.78 is 5.58. The number of hydrogen-bond donors (Lipinski definition) is 2. The van der Waals surface area contributed by atoms with Gasteiger partial charge < -0.3 is 15.0 Å². The zero-order valence-electron chi connectivity index (χ0n) is 14.5. The second-order valence-electron chi connectivity index (χ2n) is 5.83. The maximum atomic E-state index is 12.0. The zero-order chi connectivity index (χ0) is 19.1. The highest BCUT2D eigenvalue weighted by atomic mass is 35.5. The number of nitrogens with zero attached hydrogens (tertiary/aromatic N) is 1. The van der Waals surface area contributed by atoms with Crippen LogP contribution in [0.3, 0.4) is 0 Å². The molecule has 0 aliphatic heterocycles. The molecule has 0 aliphatic rings. The smallest absolute Gasteiger partial charge is 0.220 e. The second kappa shape index (κ2) is 9.78. The third-order valence-electron chi connectivity index (χ3n) is 3.87. The molecule has 8 heteroatoms. The molecule has 0 saturated carbocycles. The van der Waals surface area contributed by atoms with Gasteiger partial charge in [0.1, 0.15) is 11.4 Å². The fourth-order valence-corrected chi connectivity index (χ4v) is 3.77. The van der Waals surface area contributed by atoms with Crippen LogP contribution in [0.15, 0.2) is 42.0 Å². The molecular formula is C19H19Cl2N3O2S. The minimum atomic E-state index is -0.00186. The van der Waals surface area contributed by atoms with Gasteiger partial charge in [-0.05, 0) is 36.1 Å². The summed E-state index contributed by atoms with van der Waals surface area (Å²) in [5, 5.41) is 5.98. The van der Waals surface area contributed by atoms with E-state index in [0.29, 0.717) is 48.2 Å². The minimum absolute atomic E-state index is 0.00186. The molecule has 3 rings (SSSR count). The molecule has 3 aromatic rings. The van der Waals surface area contributed by atoms with Crippen molar-refractivity contribution in [2.75, 3.05) is 13.2 Å². The van der Waals surface area contributed by atoms with Gasteiger partial charge in [0.2, 0.25) is 5.91 Å². The Hall–Kier alpha value is -2.02. The van der Waals surface area contributed by atoms with Gasteiger partial charge in [0.15, 0.2) is 0 Å². The Morgan fingerprint density at radius 3 is 2.96 bits per heavy atom. The summed E-state index contributed by atoms with van der Waals surface area (Å²) in [7, 11) is 0. The Labute approximate surface area is 171 Å². The van der Waals surface area contributed by atoms with Gasteiger partial charge in [-0.2, -0.15) is 0 Å². The molecule has 2 N–H and O–H groups in total. The van der Waals surface area contributed by atoms with E-state index >= 15 is 0 Å². The molecule has 27 heavy (non-hydrogen) atoms. The Kier molecular flexibility index (Phi) is 7.15. The van der Waals surface area contributed by atoms with Crippen molar-refractivity contribution in [3.63, 3.8) is 0 Å². The van der Waals surface area contributed by atoms with E-state index in [0.717, 1.165) is 16.3 Å². The van der Waals surface area contributed by atoms with Gasteiger partial charge in [-0.3, -0.25) is 4.79 Å². The summed E-state index contributed by atoms with van der Waals surface area (Å²) in [6.45, 7) is 0.973. The molecule has 2 aromatic heterocycles. The van der Waals surface area contributed by atoms with Crippen LogP contribution < -0.4 is 10.1 Å². The maximum Gasteiger partial charge on any atom is 0.220 e. The molecule has 0 fully saturated rings. The van der Waals surface area contributed by atoms with Crippen LogP contribution >= 0.6 is 34.5 Å². The molecule has 5 nitrogen and oxygen atoms in total. The number of rotatable bonds is 9. The summed E-state index contributed by atoms with van der Waals surface area (Å²) >= 11 is 13.5. The predicted molar refractivity (Wildman–Crippen MR) is 110 cm³/mol. The number of halogens is 2. The SMILES string of the molecule is O=C(CCCOc1ccc(Cl)cc1Cl)NCCc1[nH]cnc1-c1cccs1. The summed E-state index contributed by atoms with van der Waals surface area (Å²) in [5.41, 5.74) is 1.98. The normalized spacial score (nSPS) is 10.7. The molecule has 0 bridgehead atoms. The first-order valence-corrected chi connectivity index (χ1v) is 10.2. The number of carbonyl (C=O) groups excluding carboxylic acids is 1. The number of hydrogen-bond acceptors (Lipinski definition) is 4. The molecule has 0 unspecified atom stereocenters. The fourth-order valence-electron chi connectivity index (χ4n) is 2.56. The number of imidazole rings is 1. The monoisotopic (exact) mass is 423 g/mol. The number of ether oxygens (including phenoxy) is 1. The largest absolute Gasteiger partial charge is 0.492 e. The van der Waals surface area contributed by atoms with Crippen LogP contribution in [0.5, 0.6) is 5.75 Å². The van der Waals surface area contributed by atoms with E-state index in [9.17, 15) is 4.79 Å². The molecule has 142 valence electrons. The first-order valence-electron chi connectivity index (χ1n) is 8.54. The van der Waals surface area contributed by atoms with E-state index in [1.165, 1.54) is 0 Å². The van der Waals surface area contributed by atoms with Crippen LogP contribution in [0, 0.1) is 0 Å². The molecule has 1 amide bonds. The molecule has 0 aliphatic carbocycles. The third-order valence-corrected chi connectivity index (χ3v) is 5.28. The lowest BCUT2D eigenvalue weighted by molar-refractivity contribution is -0.121. The van der Waals surface area contributed by atoms with Crippen LogP contribution in [0.4, 0.5) is 0 Å². The lowest BCUT2D eigenvalue weighted by atomic mass is 10.2. The summed E-state index contributed by atoms with van der Waals surface area (Å²) in [5.74, 6) is 0.569. The van der Waals surface area contributed by atoms with Crippen molar-refractivity contribution in [3.05, 3.63) is 57.8 Å². The standard InChI is InChI=1S/C19H19Cl2N3O2S/c20-13-5-6-16(14(21)11-13)26-9-1-4-18(25)22-8-7-15-19(24-12-23-15)17-3-2-10-27-17/h2-3,5-6,10-12H,1,4,7-9H2,(H,22,25)(H,23,24). The topological polar surface area (TPSA) is 67.0 Å². The number of aromatic amines is 1. The Bertz CT molecular complexity index is 881. The zero-order valence-corrected chi connectivity index (χ0v) is 16.8. The van der Waals surface area contributed by atoms with Crippen LogP contribution in [0.1, 0.15) is 18.5 Å². The van der Waals surface area contributed by atoms with Gasteiger partial charge >= 0.3 is 0 Å². The lowest BCUT2D eigenvalue weighted by Crippen LogP contribution is -2.26. The summed E-state index contributed by atoms with van der Waals surface area (Å²) in [6, 6.07) is 9.11. The van der Waals surface area contributed by atoms with Gasteiger partial charge in [0.25, 0.3) is 0 Å².